The van der Waals surface area contributed by atoms with E-state index in [4.69, 9.17) is 10.00 Å². The molecule has 0 aliphatic carbocycles. The monoisotopic (exact) mass is 335 g/mol. The molecule has 0 aromatic heterocycles. The number of methoxy groups -OCH3 is 1. The number of rotatable bonds is 4. The van der Waals surface area contributed by atoms with Crippen LogP contribution in [-0.4, -0.2) is 25.5 Å². The van der Waals surface area contributed by atoms with Crippen LogP contribution in [0.15, 0.2) is 48.5 Å². The maximum absolute atomic E-state index is 12.4. The molecule has 3 rings (SSSR count). The smallest absolute Gasteiger partial charge is 0.229 e. The number of ether oxygens (including phenoxy) is 1. The first-order valence-corrected chi connectivity index (χ1v) is 7.86. The average Bonchev–Trinajstić information content (AvgIpc) is 3.04. The Morgan fingerprint density at radius 1 is 1.28 bits per heavy atom. The van der Waals surface area contributed by atoms with Crippen molar-refractivity contribution in [2.75, 3.05) is 23.9 Å². The van der Waals surface area contributed by atoms with Gasteiger partial charge in [0.05, 0.1) is 24.7 Å². The lowest BCUT2D eigenvalue weighted by Crippen LogP contribution is -2.28. The van der Waals surface area contributed by atoms with Crippen LogP contribution < -0.4 is 15.0 Å². The highest BCUT2D eigenvalue weighted by molar-refractivity contribution is 6.03. The fraction of sp³-hybridized carbons (Fsp3) is 0.211. The van der Waals surface area contributed by atoms with Crippen molar-refractivity contribution in [3.63, 3.8) is 0 Å². The van der Waals surface area contributed by atoms with E-state index in [1.54, 1.807) is 48.4 Å². The van der Waals surface area contributed by atoms with Gasteiger partial charge in [0.2, 0.25) is 11.8 Å². The first-order valence-electron chi connectivity index (χ1n) is 7.86. The summed E-state index contributed by atoms with van der Waals surface area (Å²) in [5.74, 6) is -0.0539. The summed E-state index contributed by atoms with van der Waals surface area (Å²) in [6.07, 6.45) is 0.166. The van der Waals surface area contributed by atoms with Gasteiger partial charge in [-0.15, -0.1) is 0 Å². The van der Waals surface area contributed by atoms with E-state index < -0.39 is 5.92 Å². The molecule has 6 nitrogen and oxygen atoms in total. The second-order valence-electron chi connectivity index (χ2n) is 5.79. The summed E-state index contributed by atoms with van der Waals surface area (Å²) < 4.78 is 5.18. The van der Waals surface area contributed by atoms with Crippen LogP contribution in [0.5, 0.6) is 5.75 Å². The van der Waals surface area contributed by atoms with Crippen LogP contribution in [0.4, 0.5) is 11.4 Å². The lowest BCUT2D eigenvalue weighted by atomic mass is 10.1. The fourth-order valence-electron chi connectivity index (χ4n) is 2.78. The fourth-order valence-corrected chi connectivity index (χ4v) is 2.78. The molecule has 0 saturated carbocycles. The molecule has 1 aliphatic heterocycles. The van der Waals surface area contributed by atoms with E-state index in [1.807, 2.05) is 18.2 Å². The number of nitriles is 1. The minimum Gasteiger partial charge on any atom is -0.497 e. The molecule has 2 aromatic rings. The van der Waals surface area contributed by atoms with Crippen LogP contribution in [0.3, 0.4) is 0 Å². The van der Waals surface area contributed by atoms with E-state index in [9.17, 15) is 9.59 Å². The zero-order chi connectivity index (χ0) is 17.8. The number of anilines is 2. The topological polar surface area (TPSA) is 82.4 Å². The van der Waals surface area contributed by atoms with Crippen molar-refractivity contribution >= 4 is 23.2 Å². The number of hydrogen-bond donors (Lipinski definition) is 1. The average molecular weight is 335 g/mol. The summed E-state index contributed by atoms with van der Waals surface area (Å²) >= 11 is 0. The van der Waals surface area contributed by atoms with Gasteiger partial charge in [-0.2, -0.15) is 5.26 Å². The summed E-state index contributed by atoms with van der Waals surface area (Å²) in [6.45, 7) is 0.327. The Hall–Kier alpha value is -3.33. The molecule has 2 aromatic carbocycles. The largest absolute Gasteiger partial charge is 0.497 e. The number of benzene rings is 2. The summed E-state index contributed by atoms with van der Waals surface area (Å²) in [4.78, 5) is 26.3. The molecule has 1 saturated heterocycles. The SMILES string of the molecule is COc1cccc(N2C[C@@H](C(=O)Nc3ccc(C#N)cc3)CC2=O)c1. The third kappa shape index (κ3) is 3.61. The van der Waals surface area contributed by atoms with Gasteiger partial charge >= 0.3 is 0 Å². The quantitative estimate of drug-likeness (QED) is 0.931. The van der Waals surface area contributed by atoms with Crippen molar-refractivity contribution in [2.24, 2.45) is 5.92 Å². The van der Waals surface area contributed by atoms with Gasteiger partial charge in [-0.05, 0) is 36.4 Å². The molecule has 1 aliphatic rings. The van der Waals surface area contributed by atoms with Gasteiger partial charge in [-0.25, -0.2) is 0 Å². The number of nitrogens with zero attached hydrogens (tertiary/aromatic N) is 2. The van der Waals surface area contributed by atoms with Crippen LogP contribution in [-0.2, 0) is 9.59 Å². The maximum Gasteiger partial charge on any atom is 0.229 e. The normalized spacial score (nSPS) is 16.4. The zero-order valence-electron chi connectivity index (χ0n) is 13.7. The number of carbonyl (C=O) groups excluding carboxylic acids is 2. The van der Waals surface area contributed by atoms with Gasteiger partial charge in [0.1, 0.15) is 5.75 Å². The van der Waals surface area contributed by atoms with E-state index >= 15 is 0 Å². The Kier molecular flexibility index (Phi) is 4.66. The Bertz CT molecular complexity index is 840. The summed E-state index contributed by atoms with van der Waals surface area (Å²) in [5, 5.41) is 11.6. The summed E-state index contributed by atoms with van der Waals surface area (Å²) in [6, 6.07) is 15.9. The molecule has 0 radical (unpaired) electrons. The van der Waals surface area contributed by atoms with Gasteiger partial charge in [-0.3, -0.25) is 9.59 Å². The minimum atomic E-state index is -0.422. The maximum atomic E-state index is 12.4. The predicted octanol–water partition coefficient (Wildman–Crippen LogP) is 2.56. The first kappa shape index (κ1) is 16.5. The zero-order valence-corrected chi connectivity index (χ0v) is 13.7. The van der Waals surface area contributed by atoms with Gasteiger partial charge in [0.15, 0.2) is 0 Å². The second kappa shape index (κ2) is 7.05. The Labute approximate surface area is 145 Å². The van der Waals surface area contributed by atoms with E-state index in [-0.39, 0.29) is 18.2 Å². The van der Waals surface area contributed by atoms with Crippen molar-refractivity contribution in [1.82, 2.24) is 0 Å². The van der Waals surface area contributed by atoms with Gasteiger partial charge in [0, 0.05) is 30.4 Å². The van der Waals surface area contributed by atoms with Crippen LogP contribution >= 0.6 is 0 Å². The highest BCUT2D eigenvalue weighted by atomic mass is 16.5. The lowest BCUT2D eigenvalue weighted by Gasteiger charge is -2.17. The van der Waals surface area contributed by atoms with E-state index in [2.05, 4.69) is 5.32 Å². The molecular formula is C19H17N3O3. The van der Waals surface area contributed by atoms with E-state index in [0.29, 0.717) is 23.5 Å². The molecule has 1 atom stereocenters. The standard InChI is InChI=1S/C19H17N3O3/c1-25-17-4-2-3-16(10-17)22-12-14(9-18(22)23)19(24)21-15-7-5-13(11-20)6-8-15/h2-8,10,14H,9,12H2,1H3,(H,21,24)/t14-/m0/s1. The molecule has 0 spiro atoms. The van der Waals surface area contributed by atoms with Crippen molar-refractivity contribution in [2.45, 2.75) is 6.42 Å². The van der Waals surface area contributed by atoms with Crippen molar-refractivity contribution in [3.8, 4) is 11.8 Å². The summed E-state index contributed by atoms with van der Waals surface area (Å²) in [5.41, 5.74) is 1.85. The van der Waals surface area contributed by atoms with Crippen LogP contribution in [0.1, 0.15) is 12.0 Å². The Morgan fingerprint density at radius 3 is 2.72 bits per heavy atom. The Morgan fingerprint density at radius 2 is 2.04 bits per heavy atom. The van der Waals surface area contributed by atoms with Gasteiger partial charge in [0.25, 0.3) is 0 Å². The molecule has 2 amide bonds. The molecule has 6 heteroatoms. The van der Waals surface area contributed by atoms with Crippen molar-refractivity contribution in [1.29, 1.82) is 5.26 Å². The van der Waals surface area contributed by atoms with E-state index in [0.717, 1.165) is 5.69 Å². The third-order valence-corrected chi connectivity index (χ3v) is 4.14. The third-order valence-electron chi connectivity index (χ3n) is 4.14. The second-order valence-corrected chi connectivity index (χ2v) is 5.79. The molecule has 1 heterocycles. The molecule has 0 unspecified atom stereocenters. The molecule has 25 heavy (non-hydrogen) atoms. The number of nitrogens with one attached hydrogen (secondary N) is 1. The number of amides is 2. The molecule has 0 bridgehead atoms. The van der Waals surface area contributed by atoms with Gasteiger partial charge < -0.3 is 15.0 Å². The molecular weight excluding hydrogens is 318 g/mol. The molecule has 1 N–H and O–H groups in total. The van der Waals surface area contributed by atoms with Crippen LogP contribution in [0.2, 0.25) is 0 Å². The lowest BCUT2D eigenvalue weighted by molar-refractivity contribution is -0.122. The number of carbonyl (C=O) groups is 2. The molecule has 1 fully saturated rings. The van der Waals surface area contributed by atoms with Gasteiger partial charge in [-0.1, -0.05) is 6.07 Å². The predicted molar refractivity (Wildman–Crippen MR) is 93.2 cm³/mol. The molecule has 126 valence electrons. The van der Waals surface area contributed by atoms with Crippen LogP contribution in [0, 0.1) is 17.2 Å². The van der Waals surface area contributed by atoms with Crippen molar-refractivity contribution in [3.05, 3.63) is 54.1 Å². The first-order chi connectivity index (χ1) is 12.1. The highest BCUT2D eigenvalue weighted by Crippen LogP contribution is 2.28. The Balaban J connectivity index is 1.68. The minimum absolute atomic E-state index is 0.0896. The summed E-state index contributed by atoms with van der Waals surface area (Å²) in [7, 11) is 1.57. The number of hydrogen-bond acceptors (Lipinski definition) is 4. The van der Waals surface area contributed by atoms with Crippen LogP contribution in [0.25, 0.3) is 0 Å². The van der Waals surface area contributed by atoms with E-state index in [1.165, 1.54) is 0 Å². The highest BCUT2D eigenvalue weighted by Gasteiger charge is 2.35. The van der Waals surface area contributed by atoms with Crippen molar-refractivity contribution < 1.29 is 14.3 Å².